The molecule has 2 aromatic carbocycles. The number of ether oxygens (including phenoxy) is 4. The van der Waals surface area contributed by atoms with E-state index in [1.165, 1.54) is 33.5 Å². The number of benzene rings is 2. The van der Waals surface area contributed by atoms with Crippen LogP contribution in [0.15, 0.2) is 36.4 Å². The van der Waals surface area contributed by atoms with Gasteiger partial charge in [0, 0.05) is 6.54 Å². The summed E-state index contributed by atoms with van der Waals surface area (Å²) in [6.07, 6.45) is 0. The number of carbonyl (C=O) groups excluding carboxylic acids is 2. The second kappa shape index (κ2) is 10.2. The number of hydrogen-bond acceptors (Lipinski definition) is 7. The summed E-state index contributed by atoms with van der Waals surface area (Å²) in [6.45, 7) is -0.331. The van der Waals surface area contributed by atoms with Crippen molar-refractivity contribution in [3.8, 4) is 17.2 Å². The zero-order valence-electron chi connectivity index (χ0n) is 16.0. The zero-order chi connectivity index (χ0) is 20.5. The number of methoxy groups -OCH3 is 3. The Labute approximate surface area is 163 Å². The van der Waals surface area contributed by atoms with Crippen LogP contribution in [-0.2, 0) is 22.7 Å². The molecule has 0 heterocycles. The molecule has 8 nitrogen and oxygen atoms in total. The third-order valence-corrected chi connectivity index (χ3v) is 3.92. The van der Waals surface area contributed by atoms with Gasteiger partial charge in [0.2, 0.25) is 5.75 Å². The number of carbonyl (C=O) groups is 2. The molecule has 2 rings (SSSR count). The lowest BCUT2D eigenvalue weighted by molar-refractivity contribution is -0.124. The maximum absolute atomic E-state index is 12.0. The Bertz CT molecular complexity index is 793. The molecular weight excluding hydrogens is 366 g/mol. The van der Waals surface area contributed by atoms with Crippen molar-refractivity contribution in [3.05, 3.63) is 53.1 Å². The van der Waals surface area contributed by atoms with Gasteiger partial charge in [0.15, 0.2) is 18.1 Å². The van der Waals surface area contributed by atoms with Crippen LogP contribution < -0.4 is 19.5 Å². The van der Waals surface area contributed by atoms with Gasteiger partial charge in [-0.25, -0.2) is 4.79 Å². The van der Waals surface area contributed by atoms with E-state index < -0.39 is 18.5 Å². The minimum absolute atomic E-state index is 0.112. The molecule has 0 fully saturated rings. The van der Waals surface area contributed by atoms with Gasteiger partial charge in [-0.15, -0.1) is 0 Å². The number of esters is 1. The summed E-state index contributed by atoms with van der Waals surface area (Å²) in [6, 6.07) is 9.72. The highest BCUT2D eigenvalue weighted by Gasteiger charge is 2.14. The van der Waals surface area contributed by atoms with E-state index in [0.29, 0.717) is 28.4 Å². The van der Waals surface area contributed by atoms with Gasteiger partial charge >= 0.3 is 5.97 Å². The maximum atomic E-state index is 12.0. The Morgan fingerprint density at radius 3 is 2.04 bits per heavy atom. The summed E-state index contributed by atoms with van der Waals surface area (Å²) in [5.74, 6) is 0.343. The van der Waals surface area contributed by atoms with Crippen LogP contribution in [0.2, 0.25) is 0 Å². The first-order chi connectivity index (χ1) is 13.5. The third kappa shape index (κ3) is 5.37. The molecule has 8 heteroatoms. The molecule has 0 saturated carbocycles. The summed E-state index contributed by atoms with van der Waals surface area (Å²) in [5, 5.41) is 11.7. The molecule has 0 aliphatic rings. The maximum Gasteiger partial charge on any atom is 0.338 e. The molecule has 0 bridgehead atoms. The molecule has 0 aliphatic heterocycles. The van der Waals surface area contributed by atoms with E-state index in [-0.39, 0.29) is 13.2 Å². The number of amides is 1. The third-order valence-electron chi connectivity index (χ3n) is 3.92. The zero-order valence-corrected chi connectivity index (χ0v) is 16.0. The number of aliphatic hydroxyl groups is 1. The van der Waals surface area contributed by atoms with E-state index in [0.717, 1.165) is 5.56 Å². The molecule has 0 atom stereocenters. The molecule has 2 aromatic rings. The van der Waals surface area contributed by atoms with E-state index >= 15 is 0 Å². The highest BCUT2D eigenvalue weighted by Crippen LogP contribution is 2.38. The lowest BCUT2D eigenvalue weighted by Gasteiger charge is -2.14. The van der Waals surface area contributed by atoms with E-state index in [4.69, 9.17) is 24.1 Å². The first kappa shape index (κ1) is 21.0. The van der Waals surface area contributed by atoms with Crippen LogP contribution in [0.4, 0.5) is 0 Å². The van der Waals surface area contributed by atoms with Gasteiger partial charge < -0.3 is 29.4 Å². The second-order valence-electron chi connectivity index (χ2n) is 5.74. The number of hydrogen-bond donors (Lipinski definition) is 2. The lowest BCUT2D eigenvalue weighted by atomic mass is 10.1. The number of nitrogens with one attached hydrogen (secondary N) is 1. The SMILES string of the molecule is COc1cc(CNC(=O)COC(=O)c2ccc(CO)cc2)cc(OC)c1OC. The van der Waals surface area contributed by atoms with E-state index in [1.807, 2.05) is 0 Å². The van der Waals surface area contributed by atoms with Gasteiger partial charge in [-0.3, -0.25) is 4.79 Å². The van der Waals surface area contributed by atoms with Crippen LogP contribution in [0.1, 0.15) is 21.5 Å². The largest absolute Gasteiger partial charge is 0.493 e. The van der Waals surface area contributed by atoms with Crippen molar-refractivity contribution in [2.75, 3.05) is 27.9 Å². The minimum Gasteiger partial charge on any atom is -0.493 e. The summed E-state index contributed by atoms with van der Waals surface area (Å²) in [4.78, 5) is 23.9. The predicted molar refractivity (Wildman–Crippen MR) is 101 cm³/mol. The molecule has 0 unspecified atom stereocenters. The number of aliphatic hydroxyl groups excluding tert-OH is 1. The standard InChI is InChI=1S/C20H23NO7/c1-25-16-8-14(9-17(26-2)19(16)27-3)10-21-18(23)12-28-20(24)15-6-4-13(11-22)5-7-15/h4-9,22H,10-12H2,1-3H3,(H,21,23). The molecule has 0 aromatic heterocycles. The molecule has 150 valence electrons. The Kier molecular flexibility index (Phi) is 7.65. The summed E-state index contributed by atoms with van der Waals surface area (Å²) >= 11 is 0. The average molecular weight is 389 g/mol. The van der Waals surface area contributed by atoms with Gasteiger partial charge in [0.25, 0.3) is 5.91 Å². The Hall–Kier alpha value is -3.26. The van der Waals surface area contributed by atoms with Crippen molar-refractivity contribution >= 4 is 11.9 Å². The first-order valence-electron chi connectivity index (χ1n) is 8.44. The van der Waals surface area contributed by atoms with E-state index in [2.05, 4.69) is 5.32 Å². The summed E-state index contributed by atoms with van der Waals surface area (Å²) in [7, 11) is 4.52. The smallest absolute Gasteiger partial charge is 0.338 e. The summed E-state index contributed by atoms with van der Waals surface area (Å²) in [5.41, 5.74) is 1.71. The average Bonchev–Trinajstić information content (AvgIpc) is 2.74. The van der Waals surface area contributed by atoms with Crippen LogP contribution in [-0.4, -0.2) is 44.9 Å². The molecule has 28 heavy (non-hydrogen) atoms. The molecule has 0 saturated heterocycles. The van der Waals surface area contributed by atoms with Crippen molar-refractivity contribution in [1.29, 1.82) is 0 Å². The minimum atomic E-state index is -0.618. The van der Waals surface area contributed by atoms with Crippen LogP contribution in [0, 0.1) is 0 Å². The van der Waals surface area contributed by atoms with Crippen molar-refractivity contribution in [3.63, 3.8) is 0 Å². The van der Waals surface area contributed by atoms with Crippen LogP contribution >= 0.6 is 0 Å². The van der Waals surface area contributed by atoms with Gasteiger partial charge in [0.05, 0.1) is 33.5 Å². The van der Waals surface area contributed by atoms with Crippen molar-refractivity contribution in [2.24, 2.45) is 0 Å². The number of rotatable bonds is 9. The second-order valence-corrected chi connectivity index (χ2v) is 5.74. The summed E-state index contributed by atoms with van der Waals surface area (Å²) < 4.78 is 20.8. The van der Waals surface area contributed by atoms with Gasteiger partial charge in [0.1, 0.15) is 0 Å². The highest BCUT2D eigenvalue weighted by atomic mass is 16.5. The van der Waals surface area contributed by atoms with E-state index in [1.54, 1.807) is 24.3 Å². The fraction of sp³-hybridized carbons (Fsp3) is 0.300. The fourth-order valence-corrected chi connectivity index (χ4v) is 2.45. The topological polar surface area (TPSA) is 103 Å². The Morgan fingerprint density at radius 2 is 1.54 bits per heavy atom. The Morgan fingerprint density at radius 1 is 0.929 bits per heavy atom. The predicted octanol–water partition coefficient (Wildman–Crippen LogP) is 1.68. The molecule has 1 amide bonds. The van der Waals surface area contributed by atoms with Gasteiger partial charge in [-0.1, -0.05) is 12.1 Å². The molecular formula is C20H23NO7. The van der Waals surface area contributed by atoms with Crippen LogP contribution in [0.3, 0.4) is 0 Å². The van der Waals surface area contributed by atoms with Crippen molar-refractivity contribution in [1.82, 2.24) is 5.32 Å². The fourth-order valence-electron chi connectivity index (χ4n) is 2.45. The van der Waals surface area contributed by atoms with Gasteiger partial charge in [-0.05, 0) is 35.4 Å². The van der Waals surface area contributed by atoms with Crippen LogP contribution in [0.5, 0.6) is 17.2 Å². The van der Waals surface area contributed by atoms with Crippen LogP contribution in [0.25, 0.3) is 0 Å². The molecule has 0 aliphatic carbocycles. The molecule has 0 spiro atoms. The van der Waals surface area contributed by atoms with Crippen molar-refractivity contribution < 1.29 is 33.6 Å². The monoisotopic (exact) mass is 389 g/mol. The normalized spacial score (nSPS) is 10.1. The first-order valence-corrected chi connectivity index (χ1v) is 8.44. The quantitative estimate of drug-likeness (QED) is 0.629. The van der Waals surface area contributed by atoms with Crippen molar-refractivity contribution in [2.45, 2.75) is 13.2 Å². The molecule has 0 radical (unpaired) electrons. The van der Waals surface area contributed by atoms with Gasteiger partial charge in [-0.2, -0.15) is 0 Å². The Balaban J connectivity index is 1.90. The lowest BCUT2D eigenvalue weighted by Crippen LogP contribution is -2.28. The molecule has 2 N–H and O–H groups in total. The van der Waals surface area contributed by atoms with E-state index in [9.17, 15) is 9.59 Å². The highest BCUT2D eigenvalue weighted by molar-refractivity contribution is 5.91.